The van der Waals surface area contributed by atoms with E-state index < -0.39 is 5.60 Å². The van der Waals surface area contributed by atoms with Crippen molar-refractivity contribution < 1.29 is 14.6 Å². The van der Waals surface area contributed by atoms with Crippen molar-refractivity contribution in [3.63, 3.8) is 0 Å². The zero-order valence-electron chi connectivity index (χ0n) is 11.7. The lowest BCUT2D eigenvalue weighted by molar-refractivity contribution is 0.0366. The third-order valence-corrected chi connectivity index (χ3v) is 2.56. The molecular formula is C14H21NO3. The Kier molecular flexibility index (Phi) is 4.35. The van der Waals surface area contributed by atoms with Crippen LogP contribution in [0, 0.1) is 6.92 Å². The Morgan fingerprint density at radius 1 is 1.44 bits per heavy atom. The summed E-state index contributed by atoms with van der Waals surface area (Å²) in [4.78, 5) is 13.8. The zero-order chi connectivity index (χ0) is 13.9. The maximum absolute atomic E-state index is 12.3. The Labute approximate surface area is 108 Å². The van der Waals surface area contributed by atoms with Gasteiger partial charge in [0.2, 0.25) is 0 Å². The molecule has 0 bridgehead atoms. The van der Waals surface area contributed by atoms with Gasteiger partial charge in [-0.3, -0.25) is 4.79 Å². The fourth-order valence-corrected chi connectivity index (χ4v) is 1.85. The molecule has 0 aliphatic carbocycles. The van der Waals surface area contributed by atoms with Gasteiger partial charge in [0, 0.05) is 13.6 Å². The summed E-state index contributed by atoms with van der Waals surface area (Å²) in [5.41, 5.74) is 0.599. The SMILES string of the molecule is COc1ccc(C)cc1C(=O)N(C)CC(C)(C)O. The van der Waals surface area contributed by atoms with Gasteiger partial charge in [0.15, 0.2) is 0 Å². The van der Waals surface area contributed by atoms with Crippen LogP contribution in [0.25, 0.3) is 0 Å². The number of ether oxygens (including phenoxy) is 1. The highest BCUT2D eigenvalue weighted by Crippen LogP contribution is 2.21. The molecule has 0 unspecified atom stereocenters. The molecule has 0 heterocycles. The third kappa shape index (κ3) is 3.74. The molecule has 100 valence electrons. The summed E-state index contributed by atoms with van der Waals surface area (Å²) in [6.45, 7) is 5.53. The molecule has 0 saturated carbocycles. The number of aryl methyl sites for hydroxylation is 1. The van der Waals surface area contributed by atoms with Crippen LogP contribution in [0.2, 0.25) is 0 Å². The standard InChI is InChI=1S/C14H21NO3/c1-10-6-7-12(18-5)11(8-10)13(16)15(4)9-14(2,3)17/h6-8,17H,9H2,1-5H3. The second-order valence-electron chi connectivity index (χ2n) is 5.18. The van der Waals surface area contributed by atoms with Gasteiger partial charge >= 0.3 is 0 Å². The molecule has 0 aliphatic rings. The van der Waals surface area contributed by atoms with E-state index >= 15 is 0 Å². The van der Waals surface area contributed by atoms with Gasteiger partial charge in [-0.25, -0.2) is 0 Å². The molecule has 0 aliphatic heterocycles. The number of likely N-dealkylation sites (N-methyl/N-ethyl adjacent to an activating group) is 1. The van der Waals surface area contributed by atoms with Crippen molar-refractivity contribution in [2.75, 3.05) is 20.7 Å². The van der Waals surface area contributed by atoms with Crippen LogP contribution >= 0.6 is 0 Å². The fraction of sp³-hybridized carbons (Fsp3) is 0.500. The number of amides is 1. The highest BCUT2D eigenvalue weighted by Gasteiger charge is 2.22. The number of benzene rings is 1. The second kappa shape index (κ2) is 5.40. The molecule has 1 aromatic rings. The van der Waals surface area contributed by atoms with E-state index in [1.807, 2.05) is 13.0 Å². The van der Waals surface area contributed by atoms with E-state index in [1.54, 1.807) is 33.0 Å². The average Bonchev–Trinajstić information content (AvgIpc) is 2.25. The number of methoxy groups -OCH3 is 1. The Bertz CT molecular complexity index is 435. The van der Waals surface area contributed by atoms with Crippen molar-refractivity contribution in [1.82, 2.24) is 4.90 Å². The molecule has 0 atom stereocenters. The summed E-state index contributed by atoms with van der Waals surface area (Å²) in [7, 11) is 3.21. The number of nitrogens with zero attached hydrogens (tertiary/aromatic N) is 1. The summed E-state index contributed by atoms with van der Waals surface area (Å²) in [6.07, 6.45) is 0. The Morgan fingerprint density at radius 3 is 2.56 bits per heavy atom. The summed E-state index contributed by atoms with van der Waals surface area (Å²) >= 11 is 0. The van der Waals surface area contributed by atoms with Gasteiger partial charge in [0.1, 0.15) is 5.75 Å². The van der Waals surface area contributed by atoms with Gasteiger partial charge in [-0.2, -0.15) is 0 Å². The van der Waals surface area contributed by atoms with Crippen LogP contribution in [0.3, 0.4) is 0 Å². The van der Waals surface area contributed by atoms with E-state index in [2.05, 4.69) is 0 Å². The minimum atomic E-state index is -0.915. The maximum Gasteiger partial charge on any atom is 0.257 e. The summed E-state index contributed by atoms with van der Waals surface area (Å²) in [5.74, 6) is 0.394. The first-order valence-corrected chi connectivity index (χ1v) is 5.87. The number of carbonyl (C=O) groups excluding carboxylic acids is 1. The molecule has 1 rings (SSSR count). The second-order valence-corrected chi connectivity index (χ2v) is 5.18. The van der Waals surface area contributed by atoms with E-state index in [0.29, 0.717) is 11.3 Å². The Hall–Kier alpha value is -1.55. The van der Waals surface area contributed by atoms with E-state index in [4.69, 9.17) is 4.74 Å². The van der Waals surface area contributed by atoms with Crippen molar-refractivity contribution >= 4 is 5.91 Å². The third-order valence-electron chi connectivity index (χ3n) is 2.56. The molecule has 1 N–H and O–H groups in total. The van der Waals surface area contributed by atoms with Crippen LogP contribution in [-0.2, 0) is 0 Å². The van der Waals surface area contributed by atoms with Crippen molar-refractivity contribution in [3.05, 3.63) is 29.3 Å². The molecule has 1 aromatic carbocycles. The van der Waals surface area contributed by atoms with Gasteiger partial charge in [0.25, 0.3) is 5.91 Å². The quantitative estimate of drug-likeness (QED) is 0.888. The van der Waals surface area contributed by atoms with Crippen molar-refractivity contribution in [2.45, 2.75) is 26.4 Å². The smallest absolute Gasteiger partial charge is 0.257 e. The molecular weight excluding hydrogens is 230 g/mol. The highest BCUT2D eigenvalue weighted by molar-refractivity contribution is 5.97. The van der Waals surface area contributed by atoms with E-state index in [9.17, 15) is 9.90 Å². The van der Waals surface area contributed by atoms with Gasteiger partial charge in [-0.1, -0.05) is 11.6 Å². The van der Waals surface area contributed by atoms with Crippen LogP contribution in [0.15, 0.2) is 18.2 Å². The molecule has 0 aromatic heterocycles. The minimum Gasteiger partial charge on any atom is -0.496 e. The monoisotopic (exact) mass is 251 g/mol. The molecule has 4 heteroatoms. The van der Waals surface area contributed by atoms with Crippen molar-refractivity contribution in [2.24, 2.45) is 0 Å². The Morgan fingerprint density at radius 2 is 2.06 bits per heavy atom. The topological polar surface area (TPSA) is 49.8 Å². The molecule has 0 spiro atoms. The summed E-state index contributed by atoms with van der Waals surface area (Å²) in [6, 6.07) is 5.47. The van der Waals surface area contributed by atoms with Gasteiger partial charge < -0.3 is 14.7 Å². The zero-order valence-corrected chi connectivity index (χ0v) is 11.7. The van der Waals surface area contributed by atoms with Gasteiger partial charge in [-0.15, -0.1) is 0 Å². The average molecular weight is 251 g/mol. The lowest BCUT2D eigenvalue weighted by atomic mass is 10.1. The number of hydrogen-bond donors (Lipinski definition) is 1. The van der Waals surface area contributed by atoms with Crippen molar-refractivity contribution in [3.8, 4) is 5.75 Å². The predicted molar refractivity (Wildman–Crippen MR) is 71.0 cm³/mol. The van der Waals surface area contributed by atoms with Crippen molar-refractivity contribution in [1.29, 1.82) is 0 Å². The summed E-state index contributed by atoms with van der Waals surface area (Å²) in [5, 5.41) is 9.74. The fourth-order valence-electron chi connectivity index (χ4n) is 1.85. The minimum absolute atomic E-state index is 0.155. The van der Waals surface area contributed by atoms with Gasteiger partial charge in [-0.05, 0) is 32.9 Å². The van der Waals surface area contributed by atoms with Gasteiger partial charge in [0.05, 0.1) is 18.3 Å². The first-order valence-electron chi connectivity index (χ1n) is 5.87. The maximum atomic E-state index is 12.3. The first-order chi connectivity index (χ1) is 8.24. The van der Waals surface area contributed by atoms with E-state index in [0.717, 1.165) is 5.56 Å². The summed E-state index contributed by atoms with van der Waals surface area (Å²) < 4.78 is 5.19. The Balaban J connectivity index is 2.99. The lowest BCUT2D eigenvalue weighted by Gasteiger charge is -2.26. The first kappa shape index (κ1) is 14.5. The predicted octanol–water partition coefficient (Wildman–Crippen LogP) is 1.85. The number of rotatable bonds is 4. The largest absolute Gasteiger partial charge is 0.496 e. The molecule has 4 nitrogen and oxygen atoms in total. The van der Waals surface area contributed by atoms with Crippen LogP contribution in [0.5, 0.6) is 5.75 Å². The van der Waals surface area contributed by atoms with Crippen LogP contribution < -0.4 is 4.74 Å². The highest BCUT2D eigenvalue weighted by atomic mass is 16.5. The van der Waals surface area contributed by atoms with Crippen LogP contribution in [0.1, 0.15) is 29.8 Å². The normalized spacial score (nSPS) is 11.2. The van der Waals surface area contributed by atoms with Crippen LogP contribution in [-0.4, -0.2) is 42.2 Å². The molecule has 0 fully saturated rings. The number of aliphatic hydroxyl groups is 1. The lowest BCUT2D eigenvalue weighted by Crippen LogP contribution is -2.39. The molecule has 18 heavy (non-hydrogen) atoms. The molecule has 0 radical (unpaired) electrons. The van der Waals surface area contributed by atoms with E-state index in [1.165, 1.54) is 12.0 Å². The molecule has 1 amide bonds. The van der Waals surface area contributed by atoms with Crippen LogP contribution in [0.4, 0.5) is 0 Å². The number of hydrogen-bond acceptors (Lipinski definition) is 3. The van der Waals surface area contributed by atoms with E-state index in [-0.39, 0.29) is 12.5 Å². The molecule has 0 saturated heterocycles. The number of carbonyl (C=O) groups is 1.